The van der Waals surface area contributed by atoms with E-state index in [0.29, 0.717) is 0 Å². The number of ether oxygens (including phenoxy) is 2. The second-order valence-corrected chi connectivity index (χ2v) is 6.80. The molecule has 5 nitrogen and oxygen atoms in total. The van der Waals surface area contributed by atoms with Crippen molar-refractivity contribution in [1.82, 2.24) is 15.1 Å². The van der Waals surface area contributed by atoms with Crippen LogP contribution in [0.25, 0.3) is 22.0 Å². The minimum atomic E-state index is 0. The van der Waals surface area contributed by atoms with Crippen LogP contribution in [0.3, 0.4) is 0 Å². The number of methoxy groups -OCH3 is 2. The molecule has 1 N–H and O–H groups in total. The average molecular weight is 404 g/mol. The molecular weight excluding hydrogens is 374 g/mol. The fourth-order valence-corrected chi connectivity index (χ4v) is 3.53. The molecule has 28 heavy (non-hydrogen) atoms. The van der Waals surface area contributed by atoms with Gasteiger partial charge >= 0.3 is 0 Å². The van der Waals surface area contributed by atoms with Crippen molar-refractivity contribution in [3.8, 4) is 16.9 Å². The molecule has 0 aliphatic heterocycles. The highest BCUT2D eigenvalue weighted by Crippen LogP contribution is 2.33. The molecule has 0 saturated carbocycles. The molecule has 2 aromatic carbocycles. The van der Waals surface area contributed by atoms with Gasteiger partial charge in [0.25, 0.3) is 0 Å². The largest absolute Gasteiger partial charge is 0.497 e. The number of nitrogens with zero attached hydrogens (tertiary/aromatic N) is 2. The maximum atomic E-state index is 5.34. The molecule has 0 bridgehead atoms. The summed E-state index contributed by atoms with van der Waals surface area (Å²) in [6.07, 6.45) is 2.07. The fraction of sp³-hybridized carbons (Fsp3) is 0.409. The Morgan fingerprint density at radius 3 is 2.61 bits per heavy atom. The van der Waals surface area contributed by atoms with Crippen LogP contribution in [0, 0.1) is 6.92 Å². The van der Waals surface area contributed by atoms with Crippen molar-refractivity contribution in [2.45, 2.75) is 19.8 Å². The molecule has 1 aromatic heterocycles. The normalized spacial score (nSPS) is 10.9. The highest BCUT2D eigenvalue weighted by Gasteiger charge is 2.14. The van der Waals surface area contributed by atoms with Crippen LogP contribution in [0.15, 0.2) is 36.4 Å². The number of nitrogens with one attached hydrogen (secondary N) is 1. The standard InChI is InChI=1S/C22H29N3O2.ClH/c1-16-15-17(27-4)10-11-18(16)19-7-5-8-20-21(25(2)24-22(19)20)9-6-12-23-13-14-26-3;/h5,7-8,10-11,15,23H,6,9,12-14H2,1-4H3;1H. The zero-order valence-corrected chi connectivity index (χ0v) is 17.9. The third kappa shape index (κ3) is 4.85. The van der Waals surface area contributed by atoms with Crippen LogP contribution < -0.4 is 10.1 Å². The summed E-state index contributed by atoms with van der Waals surface area (Å²) in [5.41, 5.74) is 5.92. The molecule has 3 rings (SSSR count). The smallest absolute Gasteiger partial charge is 0.119 e. The predicted molar refractivity (Wildman–Crippen MR) is 118 cm³/mol. The van der Waals surface area contributed by atoms with Gasteiger partial charge in [-0.15, -0.1) is 12.4 Å². The molecule has 0 amide bonds. The van der Waals surface area contributed by atoms with Gasteiger partial charge < -0.3 is 14.8 Å². The van der Waals surface area contributed by atoms with Crippen LogP contribution in [-0.4, -0.2) is 43.7 Å². The number of halogens is 1. The Kier molecular flexibility index (Phi) is 8.30. The first kappa shape index (κ1) is 22.2. The van der Waals surface area contributed by atoms with E-state index in [4.69, 9.17) is 14.6 Å². The van der Waals surface area contributed by atoms with E-state index in [1.165, 1.54) is 27.8 Å². The minimum absolute atomic E-state index is 0. The monoisotopic (exact) mass is 403 g/mol. The van der Waals surface area contributed by atoms with Crippen molar-refractivity contribution >= 4 is 23.3 Å². The number of rotatable bonds is 9. The first-order valence-corrected chi connectivity index (χ1v) is 9.45. The molecule has 0 fully saturated rings. The molecule has 0 atom stereocenters. The zero-order chi connectivity index (χ0) is 19.2. The Balaban J connectivity index is 0.00000280. The number of benzene rings is 2. The van der Waals surface area contributed by atoms with Gasteiger partial charge in [0.15, 0.2) is 0 Å². The van der Waals surface area contributed by atoms with E-state index in [9.17, 15) is 0 Å². The summed E-state index contributed by atoms with van der Waals surface area (Å²) in [7, 11) is 5.47. The Morgan fingerprint density at radius 1 is 1.07 bits per heavy atom. The Morgan fingerprint density at radius 2 is 1.89 bits per heavy atom. The van der Waals surface area contributed by atoms with Crippen molar-refractivity contribution in [1.29, 1.82) is 0 Å². The lowest BCUT2D eigenvalue weighted by atomic mass is 9.97. The van der Waals surface area contributed by atoms with Crippen molar-refractivity contribution in [3.63, 3.8) is 0 Å². The minimum Gasteiger partial charge on any atom is -0.497 e. The Hall–Kier alpha value is -2.08. The second-order valence-electron chi connectivity index (χ2n) is 6.80. The van der Waals surface area contributed by atoms with Gasteiger partial charge in [0.2, 0.25) is 0 Å². The van der Waals surface area contributed by atoms with Gasteiger partial charge in [-0.05, 0) is 49.6 Å². The van der Waals surface area contributed by atoms with Crippen molar-refractivity contribution in [3.05, 3.63) is 47.7 Å². The van der Waals surface area contributed by atoms with Crippen LogP contribution in [-0.2, 0) is 18.2 Å². The third-order valence-electron chi connectivity index (χ3n) is 4.96. The number of fused-ring (bicyclic) bond motifs is 1. The van der Waals surface area contributed by atoms with Gasteiger partial charge in [0.1, 0.15) is 11.3 Å². The molecule has 152 valence electrons. The maximum absolute atomic E-state index is 5.34. The lowest BCUT2D eigenvalue weighted by Crippen LogP contribution is -2.20. The van der Waals surface area contributed by atoms with Crippen LogP contribution >= 0.6 is 12.4 Å². The lowest BCUT2D eigenvalue weighted by molar-refractivity contribution is 0.199. The molecule has 0 saturated heterocycles. The summed E-state index contributed by atoms with van der Waals surface area (Å²) in [5.74, 6) is 0.881. The molecule has 0 aliphatic rings. The molecule has 0 unspecified atom stereocenters. The van der Waals surface area contributed by atoms with Gasteiger partial charge in [-0.2, -0.15) is 5.10 Å². The molecular formula is C22H30ClN3O2. The first-order valence-electron chi connectivity index (χ1n) is 9.45. The third-order valence-corrected chi connectivity index (χ3v) is 4.96. The van der Waals surface area contributed by atoms with Gasteiger partial charge in [0, 0.05) is 37.3 Å². The number of aromatic nitrogens is 2. The summed E-state index contributed by atoms with van der Waals surface area (Å²) in [4.78, 5) is 0. The maximum Gasteiger partial charge on any atom is 0.119 e. The first-order chi connectivity index (χ1) is 13.2. The fourth-order valence-electron chi connectivity index (χ4n) is 3.53. The van der Waals surface area contributed by atoms with Gasteiger partial charge in [0.05, 0.1) is 13.7 Å². The number of aryl methyl sites for hydroxylation is 3. The predicted octanol–water partition coefficient (Wildman–Crippen LogP) is 4.15. The van der Waals surface area contributed by atoms with E-state index < -0.39 is 0 Å². The summed E-state index contributed by atoms with van der Waals surface area (Å²) >= 11 is 0. The summed E-state index contributed by atoms with van der Waals surface area (Å²) in [6, 6.07) is 12.7. The molecule has 0 radical (unpaired) electrons. The van der Waals surface area contributed by atoms with Crippen molar-refractivity contribution < 1.29 is 9.47 Å². The van der Waals surface area contributed by atoms with Crippen LogP contribution in [0.4, 0.5) is 0 Å². The van der Waals surface area contributed by atoms with Gasteiger partial charge in [-0.3, -0.25) is 4.68 Å². The second kappa shape index (κ2) is 10.5. The number of hydrogen-bond acceptors (Lipinski definition) is 4. The van der Waals surface area contributed by atoms with E-state index in [1.54, 1.807) is 14.2 Å². The topological polar surface area (TPSA) is 48.3 Å². The van der Waals surface area contributed by atoms with E-state index in [1.807, 2.05) is 17.8 Å². The van der Waals surface area contributed by atoms with E-state index in [0.717, 1.165) is 43.8 Å². The molecule has 1 heterocycles. The van der Waals surface area contributed by atoms with Crippen molar-refractivity contribution in [2.24, 2.45) is 7.05 Å². The summed E-state index contributed by atoms with van der Waals surface area (Å²) in [6.45, 7) is 4.74. The van der Waals surface area contributed by atoms with E-state index in [2.05, 4.69) is 42.6 Å². The Labute approximate surface area is 173 Å². The highest BCUT2D eigenvalue weighted by atomic mass is 35.5. The quantitative estimate of drug-likeness (QED) is 0.545. The zero-order valence-electron chi connectivity index (χ0n) is 17.1. The highest BCUT2D eigenvalue weighted by molar-refractivity contribution is 5.96. The summed E-state index contributed by atoms with van der Waals surface area (Å²) < 4.78 is 12.4. The molecule has 0 spiro atoms. The van der Waals surface area contributed by atoms with Gasteiger partial charge in [-0.1, -0.05) is 24.3 Å². The van der Waals surface area contributed by atoms with Crippen LogP contribution in [0.2, 0.25) is 0 Å². The van der Waals surface area contributed by atoms with Crippen LogP contribution in [0.5, 0.6) is 5.75 Å². The SMILES string of the molecule is COCCNCCCc1c2cccc(-c3ccc(OC)cc3C)c2nn1C.Cl. The Bertz CT molecular complexity index is 908. The average Bonchev–Trinajstić information content (AvgIpc) is 3.00. The van der Waals surface area contributed by atoms with Gasteiger partial charge in [-0.25, -0.2) is 0 Å². The van der Waals surface area contributed by atoms with Crippen LogP contribution in [0.1, 0.15) is 17.7 Å². The van der Waals surface area contributed by atoms with Crippen molar-refractivity contribution in [2.75, 3.05) is 33.9 Å². The van der Waals surface area contributed by atoms with E-state index >= 15 is 0 Å². The summed E-state index contributed by atoms with van der Waals surface area (Å²) in [5, 5.41) is 9.49. The lowest BCUT2D eigenvalue weighted by Gasteiger charge is -2.09. The number of hydrogen-bond donors (Lipinski definition) is 1. The molecule has 6 heteroatoms. The molecule has 0 aliphatic carbocycles. The van der Waals surface area contributed by atoms with E-state index in [-0.39, 0.29) is 12.4 Å². The molecule has 3 aromatic rings.